The molecule has 0 aliphatic rings. The van der Waals surface area contributed by atoms with E-state index >= 15 is 0 Å². The van der Waals surface area contributed by atoms with Crippen molar-refractivity contribution in [1.29, 1.82) is 0 Å². The van der Waals surface area contributed by atoms with E-state index in [0.717, 1.165) is 21.8 Å². The summed E-state index contributed by atoms with van der Waals surface area (Å²) < 4.78 is 0.879. The quantitative estimate of drug-likeness (QED) is 0.912. The molecular formula is C11H11BrN2S. The monoisotopic (exact) mass is 282 g/mol. The number of rotatable bonds is 3. The fourth-order valence-corrected chi connectivity index (χ4v) is 2.53. The lowest BCUT2D eigenvalue weighted by atomic mass is 10.1. The van der Waals surface area contributed by atoms with Gasteiger partial charge in [0.1, 0.15) is 4.60 Å². The molecule has 0 unspecified atom stereocenters. The zero-order valence-corrected chi connectivity index (χ0v) is 10.7. The smallest absolute Gasteiger partial charge is 0.188 e. The van der Waals surface area contributed by atoms with Crippen molar-refractivity contribution in [2.45, 2.75) is 13.3 Å². The van der Waals surface area contributed by atoms with Gasteiger partial charge in [-0.15, -0.1) is 11.3 Å². The highest BCUT2D eigenvalue weighted by Crippen LogP contribution is 2.25. The van der Waals surface area contributed by atoms with Crippen LogP contribution in [0, 0.1) is 0 Å². The molecule has 0 spiro atoms. The van der Waals surface area contributed by atoms with Crippen LogP contribution in [0.15, 0.2) is 34.2 Å². The predicted octanol–water partition coefficient (Wildman–Crippen LogP) is 4.21. The number of para-hydroxylation sites is 1. The minimum Gasteiger partial charge on any atom is -0.331 e. The number of thiazole rings is 1. The van der Waals surface area contributed by atoms with Gasteiger partial charge >= 0.3 is 0 Å². The van der Waals surface area contributed by atoms with Gasteiger partial charge in [0.15, 0.2) is 5.13 Å². The van der Waals surface area contributed by atoms with Crippen LogP contribution in [0.4, 0.5) is 10.8 Å². The van der Waals surface area contributed by atoms with Crippen LogP contribution >= 0.6 is 27.3 Å². The van der Waals surface area contributed by atoms with Gasteiger partial charge in [0, 0.05) is 11.1 Å². The maximum absolute atomic E-state index is 4.31. The summed E-state index contributed by atoms with van der Waals surface area (Å²) in [6, 6.07) is 8.30. The number of benzene rings is 1. The third-order valence-corrected chi connectivity index (χ3v) is 3.58. The normalized spacial score (nSPS) is 10.3. The molecule has 15 heavy (non-hydrogen) atoms. The molecule has 0 radical (unpaired) electrons. The van der Waals surface area contributed by atoms with E-state index in [1.807, 2.05) is 11.4 Å². The van der Waals surface area contributed by atoms with Crippen molar-refractivity contribution in [3.8, 4) is 0 Å². The zero-order chi connectivity index (χ0) is 10.7. The molecule has 0 saturated carbocycles. The van der Waals surface area contributed by atoms with Gasteiger partial charge < -0.3 is 5.32 Å². The molecule has 2 rings (SSSR count). The van der Waals surface area contributed by atoms with Gasteiger partial charge in [-0.2, -0.15) is 0 Å². The Labute approximate surface area is 101 Å². The molecule has 2 nitrogen and oxygen atoms in total. The van der Waals surface area contributed by atoms with Crippen LogP contribution in [-0.4, -0.2) is 4.98 Å². The molecule has 1 heterocycles. The van der Waals surface area contributed by atoms with E-state index in [4.69, 9.17) is 0 Å². The van der Waals surface area contributed by atoms with E-state index in [2.05, 4.69) is 51.4 Å². The number of nitrogens with one attached hydrogen (secondary N) is 1. The molecule has 0 amide bonds. The SMILES string of the molecule is CCc1ccccc1Nc1nc(Br)cs1. The number of anilines is 2. The van der Waals surface area contributed by atoms with E-state index in [-0.39, 0.29) is 0 Å². The second kappa shape index (κ2) is 4.77. The summed E-state index contributed by atoms with van der Waals surface area (Å²) in [4.78, 5) is 4.31. The Morgan fingerprint density at radius 1 is 1.40 bits per heavy atom. The van der Waals surface area contributed by atoms with Crippen molar-refractivity contribution >= 4 is 38.1 Å². The van der Waals surface area contributed by atoms with Gasteiger partial charge in [0.2, 0.25) is 0 Å². The van der Waals surface area contributed by atoms with Crippen molar-refractivity contribution in [3.63, 3.8) is 0 Å². The first kappa shape index (κ1) is 10.6. The Hall–Kier alpha value is -0.870. The summed E-state index contributed by atoms with van der Waals surface area (Å²) in [7, 11) is 0. The Balaban J connectivity index is 2.23. The summed E-state index contributed by atoms with van der Waals surface area (Å²) >= 11 is 4.93. The van der Waals surface area contributed by atoms with Crippen molar-refractivity contribution in [1.82, 2.24) is 4.98 Å². The lowest BCUT2D eigenvalue weighted by molar-refractivity contribution is 1.14. The number of hydrogen-bond donors (Lipinski definition) is 1. The number of aromatic nitrogens is 1. The standard InChI is InChI=1S/C11H11BrN2S/c1-2-8-5-3-4-6-9(8)13-11-14-10(12)7-15-11/h3-7H,2H2,1H3,(H,13,14). The molecule has 0 bridgehead atoms. The molecule has 0 aliphatic heterocycles. The van der Waals surface area contributed by atoms with E-state index in [9.17, 15) is 0 Å². The molecule has 4 heteroatoms. The Morgan fingerprint density at radius 2 is 2.20 bits per heavy atom. The molecule has 1 N–H and O–H groups in total. The van der Waals surface area contributed by atoms with Crippen LogP contribution in [0.5, 0.6) is 0 Å². The Kier molecular flexibility index (Phi) is 3.38. The van der Waals surface area contributed by atoms with Gasteiger partial charge in [-0.1, -0.05) is 25.1 Å². The van der Waals surface area contributed by atoms with Crippen molar-refractivity contribution in [3.05, 3.63) is 39.8 Å². The number of aryl methyl sites for hydroxylation is 1. The van der Waals surface area contributed by atoms with E-state index < -0.39 is 0 Å². The highest BCUT2D eigenvalue weighted by molar-refractivity contribution is 9.10. The molecule has 78 valence electrons. The summed E-state index contributed by atoms with van der Waals surface area (Å²) in [5.74, 6) is 0. The van der Waals surface area contributed by atoms with Crippen molar-refractivity contribution < 1.29 is 0 Å². The van der Waals surface area contributed by atoms with Crippen LogP contribution < -0.4 is 5.32 Å². The average Bonchev–Trinajstić information content (AvgIpc) is 2.65. The average molecular weight is 283 g/mol. The summed E-state index contributed by atoms with van der Waals surface area (Å²) in [6.45, 7) is 2.15. The fourth-order valence-electron chi connectivity index (χ4n) is 1.38. The number of nitrogens with zero attached hydrogens (tertiary/aromatic N) is 1. The predicted molar refractivity (Wildman–Crippen MR) is 68.9 cm³/mol. The molecular weight excluding hydrogens is 272 g/mol. The molecule has 1 aromatic heterocycles. The van der Waals surface area contributed by atoms with E-state index in [1.165, 1.54) is 5.56 Å². The minimum atomic E-state index is 0.879. The topological polar surface area (TPSA) is 24.9 Å². The highest BCUT2D eigenvalue weighted by atomic mass is 79.9. The lowest BCUT2D eigenvalue weighted by Gasteiger charge is -2.07. The Morgan fingerprint density at radius 3 is 2.87 bits per heavy atom. The minimum absolute atomic E-state index is 0.879. The summed E-state index contributed by atoms with van der Waals surface area (Å²) in [5.41, 5.74) is 2.45. The van der Waals surface area contributed by atoms with Crippen molar-refractivity contribution in [2.24, 2.45) is 0 Å². The molecule has 0 aliphatic carbocycles. The van der Waals surface area contributed by atoms with Gasteiger partial charge in [0.05, 0.1) is 0 Å². The van der Waals surface area contributed by atoms with E-state index in [1.54, 1.807) is 11.3 Å². The third-order valence-electron chi connectivity index (χ3n) is 2.12. The summed E-state index contributed by atoms with van der Waals surface area (Å²) in [6.07, 6.45) is 1.02. The van der Waals surface area contributed by atoms with Gasteiger partial charge in [0.25, 0.3) is 0 Å². The maximum Gasteiger partial charge on any atom is 0.188 e. The first-order valence-corrected chi connectivity index (χ1v) is 6.43. The molecule has 0 atom stereocenters. The first-order valence-electron chi connectivity index (χ1n) is 4.75. The summed E-state index contributed by atoms with van der Waals surface area (Å²) in [5, 5.41) is 6.21. The molecule has 0 fully saturated rings. The van der Waals surface area contributed by atoms with Gasteiger partial charge in [-0.3, -0.25) is 0 Å². The second-order valence-corrected chi connectivity index (χ2v) is 4.78. The van der Waals surface area contributed by atoms with Crippen molar-refractivity contribution in [2.75, 3.05) is 5.32 Å². The largest absolute Gasteiger partial charge is 0.331 e. The molecule has 0 saturated heterocycles. The van der Waals surface area contributed by atoms with Gasteiger partial charge in [-0.25, -0.2) is 4.98 Å². The van der Waals surface area contributed by atoms with Gasteiger partial charge in [-0.05, 0) is 34.0 Å². The number of hydrogen-bond acceptors (Lipinski definition) is 3. The van der Waals surface area contributed by atoms with E-state index in [0.29, 0.717) is 0 Å². The van der Waals surface area contributed by atoms with Crippen LogP contribution in [-0.2, 0) is 6.42 Å². The Bertz CT molecular complexity index is 453. The third kappa shape index (κ3) is 2.58. The van der Waals surface area contributed by atoms with Crippen LogP contribution in [0.2, 0.25) is 0 Å². The first-order chi connectivity index (χ1) is 7.29. The van der Waals surface area contributed by atoms with Crippen LogP contribution in [0.3, 0.4) is 0 Å². The second-order valence-electron chi connectivity index (χ2n) is 3.11. The maximum atomic E-state index is 4.31. The van der Waals surface area contributed by atoms with Crippen LogP contribution in [0.25, 0.3) is 0 Å². The van der Waals surface area contributed by atoms with Crippen LogP contribution in [0.1, 0.15) is 12.5 Å². The fraction of sp³-hybridized carbons (Fsp3) is 0.182. The lowest BCUT2D eigenvalue weighted by Crippen LogP contribution is -1.94. The highest BCUT2D eigenvalue weighted by Gasteiger charge is 2.02. The molecule has 1 aromatic carbocycles. The molecule has 2 aromatic rings. The zero-order valence-electron chi connectivity index (χ0n) is 8.33. The number of halogens is 1.